The molecule has 0 saturated carbocycles. The van der Waals surface area contributed by atoms with Crippen molar-refractivity contribution < 1.29 is 40.4 Å². The lowest BCUT2D eigenvalue weighted by Crippen LogP contribution is -2.18. The van der Waals surface area contributed by atoms with Crippen molar-refractivity contribution >= 4 is 23.7 Å². The highest BCUT2D eigenvalue weighted by Gasteiger charge is 2.62. The molecule has 0 amide bonds. The Morgan fingerprint density at radius 3 is 1.56 bits per heavy atom. The molecule has 25 heavy (non-hydrogen) atoms. The number of phosphoric acid groups is 1. The van der Waals surface area contributed by atoms with Crippen LogP contribution in [-0.4, -0.2) is 39.6 Å². The second kappa shape index (κ2) is 12.9. The van der Waals surface area contributed by atoms with E-state index in [0.29, 0.717) is 6.54 Å². The van der Waals surface area contributed by atoms with Crippen LogP contribution >= 0.6 is 23.7 Å². The minimum absolute atomic E-state index is 0.0614. The molecule has 0 rings (SSSR count). The molecule has 0 radical (unpaired) electrons. The average molecular weight is 426 g/mol. The van der Waals surface area contributed by atoms with Crippen molar-refractivity contribution in [3.8, 4) is 0 Å². The minimum atomic E-state index is -4.05. The first-order valence-corrected chi connectivity index (χ1v) is 12.7. The lowest BCUT2D eigenvalue weighted by molar-refractivity contribution is 0.0956. The highest BCUT2D eigenvalue weighted by Crippen LogP contribution is 2.79. The summed E-state index contributed by atoms with van der Waals surface area (Å²) >= 11 is 0. The molecule has 0 aliphatic heterocycles. The molecule has 1 atom stereocenters. The maximum absolute atomic E-state index is 12.8. The molecule has 0 fully saturated rings. The quantitative estimate of drug-likeness (QED) is 0.349. The van der Waals surface area contributed by atoms with Gasteiger partial charge in [-0.05, 0) is 43.2 Å². The van der Waals surface area contributed by atoms with E-state index in [1.165, 1.54) is 0 Å². The Labute approximate surface area is 151 Å². The molecule has 152 valence electrons. The van der Waals surface area contributed by atoms with Gasteiger partial charge in [0.25, 0.3) is 0 Å². The molecule has 0 aromatic heterocycles. The second-order valence-electron chi connectivity index (χ2n) is 4.16. The molecule has 0 spiro atoms. The lowest BCUT2D eigenvalue weighted by Gasteiger charge is -2.24. The maximum atomic E-state index is 12.8. The van der Waals surface area contributed by atoms with Crippen molar-refractivity contribution in [2.45, 2.75) is 41.5 Å². The third-order valence-corrected chi connectivity index (χ3v) is 9.07. The molecule has 0 aliphatic carbocycles. The summed E-state index contributed by atoms with van der Waals surface area (Å²) in [6, 6.07) is 0. The highest BCUT2D eigenvalue weighted by molar-refractivity contribution is 7.72. The fraction of sp³-hybridized carbons (Fsp3) is 1.00. The van der Waals surface area contributed by atoms with E-state index in [1.54, 1.807) is 41.5 Å². The number of hydrogen-bond donors (Lipinski definition) is 1. The topological polar surface area (TPSA) is 111 Å². The van der Waals surface area contributed by atoms with Crippen LogP contribution in [0, 0.1) is 0 Å². The Morgan fingerprint density at radius 2 is 1.20 bits per heavy atom. The highest BCUT2D eigenvalue weighted by atomic mass is 31.3. The number of nitrogens with one attached hydrogen (secondary N) is 1. The Morgan fingerprint density at radius 1 is 0.720 bits per heavy atom. The van der Waals surface area contributed by atoms with Crippen molar-refractivity contribution in [1.29, 1.82) is 0 Å². The van der Waals surface area contributed by atoms with Crippen LogP contribution in [0.3, 0.4) is 0 Å². The summed E-state index contributed by atoms with van der Waals surface area (Å²) in [5, 5.41) is 2.61. The summed E-state index contributed by atoms with van der Waals surface area (Å²) in [4.78, 5) is 0. The van der Waals surface area contributed by atoms with E-state index in [4.69, 9.17) is 31.2 Å². The van der Waals surface area contributed by atoms with Gasteiger partial charge in [0.2, 0.25) is 0 Å². The van der Waals surface area contributed by atoms with E-state index >= 15 is 0 Å². The van der Waals surface area contributed by atoms with Crippen molar-refractivity contribution in [3.05, 3.63) is 0 Å². The predicted molar refractivity (Wildman–Crippen MR) is 96.1 cm³/mol. The van der Waals surface area contributed by atoms with Crippen molar-refractivity contribution in [2.24, 2.45) is 0 Å². The summed E-state index contributed by atoms with van der Waals surface area (Å²) in [5.41, 5.74) is 0. The zero-order chi connectivity index (χ0) is 19.4. The third kappa shape index (κ3) is 9.36. The van der Waals surface area contributed by atoms with Crippen LogP contribution in [0.25, 0.3) is 0 Å². The summed E-state index contributed by atoms with van der Waals surface area (Å²) in [6.07, 6.45) is 0. The Balaban J connectivity index is 5.74. The van der Waals surface area contributed by atoms with Crippen LogP contribution < -0.4 is 5.09 Å². The van der Waals surface area contributed by atoms with Crippen LogP contribution in [0.1, 0.15) is 41.5 Å². The molecule has 0 bridgehead atoms. The first kappa shape index (κ1) is 25.6. The first-order valence-electron chi connectivity index (χ1n) is 8.27. The molecular weight excluding hydrogens is 395 g/mol. The van der Waals surface area contributed by atoms with Gasteiger partial charge in [0, 0.05) is 6.54 Å². The first-order chi connectivity index (χ1) is 11.8. The zero-order valence-electron chi connectivity index (χ0n) is 15.8. The average Bonchev–Trinajstić information content (AvgIpc) is 2.47. The van der Waals surface area contributed by atoms with Crippen molar-refractivity contribution in [3.63, 3.8) is 0 Å². The lowest BCUT2D eigenvalue weighted by atomic mass is 10.8. The van der Waals surface area contributed by atoms with Gasteiger partial charge in [-0.15, -0.1) is 0 Å². The van der Waals surface area contributed by atoms with Crippen molar-refractivity contribution in [1.82, 2.24) is 5.09 Å². The van der Waals surface area contributed by atoms with Crippen LogP contribution in [0.5, 0.6) is 0 Å². The van der Waals surface area contributed by atoms with Gasteiger partial charge in [-0.2, -0.15) is 9.05 Å². The van der Waals surface area contributed by atoms with Gasteiger partial charge in [0.05, 0.1) is 33.0 Å². The predicted octanol–water partition coefficient (Wildman–Crippen LogP) is 4.71. The van der Waals surface area contributed by atoms with E-state index in [-0.39, 0.29) is 33.0 Å². The number of phosphoric ester groups is 1. The van der Waals surface area contributed by atoms with Gasteiger partial charge < -0.3 is 0 Å². The van der Waals surface area contributed by atoms with Crippen LogP contribution in [0.2, 0.25) is 0 Å². The Bertz CT molecular complexity index is 392. The van der Waals surface area contributed by atoms with Gasteiger partial charge in [-0.1, -0.05) is 6.92 Å². The molecule has 1 unspecified atom stereocenters. The largest absolute Gasteiger partial charge is 0.595 e. The standard InChI is InChI=1S/C12H31NO9P3/c1-7-13-23(14,16-8-2)21-25(19-11-5,20-12-6)22-24(15,17-9-3)18-10-4/h7-12H2,1-6H3,(H,13,14)/q+1. The molecule has 0 aromatic carbocycles. The van der Waals surface area contributed by atoms with E-state index in [0.717, 1.165) is 0 Å². The van der Waals surface area contributed by atoms with Gasteiger partial charge >= 0.3 is 23.7 Å². The van der Waals surface area contributed by atoms with E-state index < -0.39 is 23.7 Å². The number of hydrogen-bond acceptors (Lipinski definition) is 9. The third-order valence-electron chi connectivity index (χ3n) is 2.21. The van der Waals surface area contributed by atoms with E-state index in [1.807, 2.05) is 0 Å². The summed E-state index contributed by atoms with van der Waals surface area (Å²) in [5.74, 6) is 0. The molecule has 1 N–H and O–H groups in total. The van der Waals surface area contributed by atoms with Gasteiger partial charge in [0.1, 0.15) is 0 Å². The monoisotopic (exact) mass is 426 g/mol. The maximum Gasteiger partial charge on any atom is 0.595 e. The van der Waals surface area contributed by atoms with E-state index in [9.17, 15) is 9.13 Å². The van der Waals surface area contributed by atoms with Crippen molar-refractivity contribution in [2.75, 3.05) is 39.6 Å². The van der Waals surface area contributed by atoms with E-state index in [2.05, 4.69) is 5.09 Å². The van der Waals surface area contributed by atoms with Crippen LogP contribution in [-0.2, 0) is 40.4 Å². The van der Waals surface area contributed by atoms with Gasteiger partial charge in [-0.3, -0.25) is 13.6 Å². The number of rotatable bonds is 16. The van der Waals surface area contributed by atoms with Gasteiger partial charge in [-0.25, -0.2) is 14.2 Å². The molecule has 10 nitrogen and oxygen atoms in total. The van der Waals surface area contributed by atoms with Crippen LogP contribution in [0.15, 0.2) is 0 Å². The zero-order valence-corrected chi connectivity index (χ0v) is 18.4. The smallest absolute Gasteiger partial charge is 0.295 e. The molecule has 13 heteroatoms. The fourth-order valence-corrected chi connectivity index (χ4v) is 7.78. The second-order valence-corrected chi connectivity index (χ2v) is 9.85. The Hall–Kier alpha value is 0.570. The summed E-state index contributed by atoms with van der Waals surface area (Å²) < 4.78 is 62.9. The minimum Gasteiger partial charge on any atom is -0.295 e. The molecule has 0 aromatic rings. The Kier molecular flexibility index (Phi) is 13.2. The molecule has 0 aliphatic rings. The summed E-state index contributed by atoms with van der Waals surface area (Å²) in [6.45, 7) is 10.6. The SMILES string of the molecule is CCNP(=O)(OCC)O[P+](OCC)(OCC)OP(=O)(OCC)OCC. The summed E-state index contributed by atoms with van der Waals surface area (Å²) in [7, 11) is -11.7. The van der Waals surface area contributed by atoms with Gasteiger partial charge in [0.15, 0.2) is 0 Å². The van der Waals surface area contributed by atoms with Crippen LogP contribution in [0.4, 0.5) is 0 Å². The fourth-order valence-electron chi connectivity index (χ4n) is 1.58. The molecule has 0 saturated heterocycles. The molecular formula is C12H31NO9P3+. The normalized spacial score (nSPS) is 15.3. The molecule has 0 heterocycles.